The smallest absolute Gasteiger partial charge is 0.246 e. The van der Waals surface area contributed by atoms with Gasteiger partial charge in [-0.2, -0.15) is 4.31 Å². The van der Waals surface area contributed by atoms with Crippen LogP contribution >= 0.6 is 0 Å². The van der Waals surface area contributed by atoms with Crippen LogP contribution in [0.25, 0.3) is 0 Å². The van der Waals surface area contributed by atoms with Crippen molar-refractivity contribution in [2.45, 2.75) is 11.3 Å². The van der Waals surface area contributed by atoms with E-state index in [2.05, 4.69) is 5.32 Å². The molecule has 0 bridgehead atoms. The van der Waals surface area contributed by atoms with Crippen LogP contribution in [0.4, 0.5) is 10.1 Å². The highest BCUT2D eigenvalue weighted by Gasteiger charge is 2.29. The number of amides is 1. The van der Waals surface area contributed by atoms with Gasteiger partial charge < -0.3 is 14.8 Å². The number of ether oxygens (including phenoxy) is 2. The van der Waals surface area contributed by atoms with E-state index in [-0.39, 0.29) is 36.1 Å². The van der Waals surface area contributed by atoms with Gasteiger partial charge in [-0.15, -0.1) is 0 Å². The van der Waals surface area contributed by atoms with Gasteiger partial charge in [-0.05, 0) is 35.9 Å². The average Bonchev–Trinajstić information content (AvgIpc) is 2.68. The Bertz CT molecular complexity index is 959. The zero-order valence-electron chi connectivity index (χ0n) is 15.4. The van der Waals surface area contributed by atoms with E-state index in [1.165, 1.54) is 41.7 Å². The Morgan fingerprint density at radius 1 is 1.21 bits per heavy atom. The molecule has 1 aliphatic rings. The van der Waals surface area contributed by atoms with E-state index >= 15 is 0 Å². The Hall–Kier alpha value is -2.49. The summed E-state index contributed by atoms with van der Waals surface area (Å²) < 4.78 is 51.0. The number of anilines is 1. The quantitative estimate of drug-likeness (QED) is 0.791. The Balaban J connectivity index is 1.81. The highest BCUT2D eigenvalue weighted by Crippen LogP contribution is 2.28. The van der Waals surface area contributed by atoms with E-state index in [1.54, 1.807) is 12.1 Å². The maximum atomic E-state index is 13.2. The number of sulfonamides is 1. The van der Waals surface area contributed by atoms with Crippen LogP contribution in [0.15, 0.2) is 47.4 Å². The first-order valence-corrected chi connectivity index (χ1v) is 10.1. The van der Waals surface area contributed by atoms with Crippen molar-refractivity contribution in [3.8, 4) is 5.75 Å². The number of hydrogen-bond donors (Lipinski definition) is 1. The molecule has 1 N–H and O–H groups in total. The minimum absolute atomic E-state index is 0.00737. The van der Waals surface area contributed by atoms with Gasteiger partial charge in [-0.1, -0.05) is 12.1 Å². The van der Waals surface area contributed by atoms with E-state index < -0.39 is 15.8 Å². The molecule has 2 aromatic rings. The average molecular weight is 408 g/mol. The summed E-state index contributed by atoms with van der Waals surface area (Å²) in [5.74, 6) is -0.632. The summed E-state index contributed by atoms with van der Waals surface area (Å²) in [6.07, 6.45) is -0.0634. The molecule has 0 saturated carbocycles. The number of morpholine rings is 1. The van der Waals surface area contributed by atoms with Gasteiger partial charge in [0.2, 0.25) is 15.9 Å². The summed E-state index contributed by atoms with van der Waals surface area (Å²) in [5.41, 5.74) is 0.834. The van der Waals surface area contributed by atoms with Crippen LogP contribution in [-0.4, -0.2) is 52.0 Å². The predicted molar refractivity (Wildman–Crippen MR) is 101 cm³/mol. The highest BCUT2D eigenvalue weighted by atomic mass is 32.2. The van der Waals surface area contributed by atoms with Crippen LogP contribution in [0.1, 0.15) is 5.56 Å². The Kier molecular flexibility index (Phi) is 6.28. The Morgan fingerprint density at radius 3 is 2.64 bits per heavy atom. The number of hydrogen-bond acceptors (Lipinski definition) is 5. The number of nitrogens with one attached hydrogen (secondary N) is 1. The molecule has 0 atom stereocenters. The molecule has 1 amide bonds. The van der Waals surface area contributed by atoms with Crippen LogP contribution in [0.5, 0.6) is 5.75 Å². The third-order valence-electron chi connectivity index (χ3n) is 4.29. The molecular formula is C19H21FN2O5S. The highest BCUT2D eigenvalue weighted by molar-refractivity contribution is 7.89. The Morgan fingerprint density at radius 2 is 1.96 bits per heavy atom. The zero-order valence-corrected chi connectivity index (χ0v) is 16.2. The van der Waals surface area contributed by atoms with Crippen LogP contribution in [-0.2, 0) is 26.0 Å². The van der Waals surface area contributed by atoms with Gasteiger partial charge in [0.25, 0.3) is 0 Å². The Labute approximate surface area is 163 Å². The second-order valence-electron chi connectivity index (χ2n) is 6.24. The minimum Gasteiger partial charge on any atom is -0.495 e. The molecule has 7 nitrogen and oxygen atoms in total. The van der Waals surface area contributed by atoms with Crippen molar-refractivity contribution in [3.63, 3.8) is 0 Å². The van der Waals surface area contributed by atoms with Gasteiger partial charge >= 0.3 is 0 Å². The summed E-state index contributed by atoms with van der Waals surface area (Å²) in [4.78, 5) is 12.3. The van der Waals surface area contributed by atoms with Crippen LogP contribution in [0, 0.1) is 5.82 Å². The standard InChI is InChI=1S/C19H21FN2O5S/c1-26-17-6-5-14(12-19(23)21-16-4-2-3-15(20)13-16)11-18(17)28(24,25)22-7-9-27-10-8-22/h2-6,11,13H,7-10,12H2,1H3,(H,21,23). The third kappa shape index (κ3) is 4.67. The molecule has 150 valence electrons. The number of carbonyl (C=O) groups excluding carboxylic acids is 1. The molecule has 3 rings (SSSR count). The minimum atomic E-state index is -3.78. The van der Waals surface area contributed by atoms with Gasteiger partial charge in [0, 0.05) is 18.8 Å². The molecular weight excluding hydrogens is 387 g/mol. The topological polar surface area (TPSA) is 84.9 Å². The van der Waals surface area contributed by atoms with Crippen molar-refractivity contribution >= 4 is 21.6 Å². The lowest BCUT2D eigenvalue weighted by atomic mass is 10.1. The summed E-state index contributed by atoms with van der Waals surface area (Å²) >= 11 is 0. The number of nitrogens with zero attached hydrogens (tertiary/aromatic N) is 1. The fourth-order valence-corrected chi connectivity index (χ4v) is 4.53. The first-order valence-electron chi connectivity index (χ1n) is 8.70. The number of halogens is 1. The molecule has 0 spiro atoms. The largest absolute Gasteiger partial charge is 0.495 e. The van der Waals surface area contributed by atoms with Crippen LogP contribution in [0.2, 0.25) is 0 Å². The van der Waals surface area contributed by atoms with Gasteiger partial charge in [0.1, 0.15) is 16.5 Å². The predicted octanol–water partition coefficient (Wildman–Crippen LogP) is 2.04. The maximum Gasteiger partial charge on any atom is 0.246 e. The van der Waals surface area contributed by atoms with E-state index in [0.29, 0.717) is 24.5 Å². The molecule has 0 aromatic heterocycles. The van der Waals surface area contributed by atoms with Crippen molar-refractivity contribution in [2.24, 2.45) is 0 Å². The molecule has 0 radical (unpaired) electrons. The van der Waals surface area contributed by atoms with Gasteiger partial charge in [-0.3, -0.25) is 4.79 Å². The number of carbonyl (C=O) groups is 1. The fraction of sp³-hybridized carbons (Fsp3) is 0.316. The van der Waals surface area contributed by atoms with E-state index in [4.69, 9.17) is 9.47 Å². The third-order valence-corrected chi connectivity index (χ3v) is 6.21. The first-order chi connectivity index (χ1) is 13.4. The number of benzene rings is 2. The summed E-state index contributed by atoms with van der Waals surface area (Å²) in [7, 11) is -2.39. The van der Waals surface area contributed by atoms with E-state index in [9.17, 15) is 17.6 Å². The van der Waals surface area contributed by atoms with Crippen molar-refractivity contribution < 1.29 is 27.1 Å². The molecule has 0 unspecified atom stereocenters. The zero-order chi connectivity index (χ0) is 20.1. The van der Waals surface area contributed by atoms with Crippen LogP contribution < -0.4 is 10.1 Å². The molecule has 28 heavy (non-hydrogen) atoms. The maximum absolute atomic E-state index is 13.2. The lowest BCUT2D eigenvalue weighted by Crippen LogP contribution is -2.40. The lowest BCUT2D eigenvalue weighted by molar-refractivity contribution is -0.115. The molecule has 1 heterocycles. The lowest BCUT2D eigenvalue weighted by Gasteiger charge is -2.26. The summed E-state index contributed by atoms with van der Waals surface area (Å²) in [5, 5.41) is 2.59. The number of rotatable bonds is 6. The molecule has 1 aliphatic heterocycles. The normalized spacial score (nSPS) is 15.2. The van der Waals surface area contributed by atoms with Crippen LogP contribution in [0.3, 0.4) is 0 Å². The van der Waals surface area contributed by atoms with Gasteiger partial charge in [0.05, 0.1) is 26.7 Å². The monoisotopic (exact) mass is 408 g/mol. The summed E-state index contributed by atoms with van der Waals surface area (Å²) in [6, 6.07) is 10.1. The number of methoxy groups -OCH3 is 1. The molecule has 9 heteroatoms. The molecule has 1 fully saturated rings. The molecule has 0 aliphatic carbocycles. The van der Waals surface area contributed by atoms with E-state index in [1.807, 2.05) is 0 Å². The van der Waals surface area contributed by atoms with Gasteiger partial charge in [-0.25, -0.2) is 12.8 Å². The van der Waals surface area contributed by atoms with Crippen molar-refractivity contribution in [1.29, 1.82) is 0 Å². The summed E-state index contributed by atoms with van der Waals surface area (Å²) in [6.45, 7) is 1.18. The van der Waals surface area contributed by atoms with Crippen molar-refractivity contribution in [3.05, 3.63) is 53.8 Å². The molecule has 2 aromatic carbocycles. The van der Waals surface area contributed by atoms with Crippen molar-refractivity contribution in [1.82, 2.24) is 4.31 Å². The first kappa shape index (κ1) is 20.2. The van der Waals surface area contributed by atoms with Crippen molar-refractivity contribution in [2.75, 3.05) is 38.7 Å². The molecule has 1 saturated heterocycles. The second-order valence-corrected chi connectivity index (χ2v) is 8.14. The van der Waals surface area contributed by atoms with Gasteiger partial charge in [0.15, 0.2) is 0 Å². The van der Waals surface area contributed by atoms with E-state index in [0.717, 1.165) is 0 Å². The fourth-order valence-electron chi connectivity index (χ4n) is 2.92. The second kappa shape index (κ2) is 8.68. The SMILES string of the molecule is COc1ccc(CC(=O)Nc2cccc(F)c2)cc1S(=O)(=O)N1CCOCC1.